The lowest BCUT2D eigenvalue weighted by Crippen LogP contribution is -2.63. The Morgan fingerprint density at radius 2 is 1.74 bits per heavy atom. The number of hydroxylamine groups is 1. The molecule has 1 saturated heterocycles. The summed E-state index contributed by atoms with van der Waals surface area (Å²) in [4.78, 5) is 45.2. The Balaban J connectivity index is 1.44. The van der Waals surface area contributed by atoms with Crippen LogP contribution in [0.3, 0.4) is 0 Å². The minimum Gasteiger partial charge on any atom is -0.489 e. The van der Waals surface area contributed by atoms with Gasteiger partial charge in [0.05, 0.1) is 17.5 Å². The van der Waals surface area contributed by atoms with Crippen LogP contribution < -0.4 is 15.5 Å². The lowest BCUT2D eigenvalue weighted by Gasteiger charge is -2.45. The second-order valence-corrected chi connectivity index (χ2v) is 12.2. The van der Waals surface area contributed by atoms with Gasteiger partial charge in [0, 0.05) is 35.3 Å². The molecule has 0 saturated carbocycles. The summed E-state index contributed by atoms with van der Waals surface area (Å²) < 4.78 is 11.6. The molecule has 2 heterocycles. The molecule has 2 atom stereocenters. The van der Waals surface area contributed by atoms with Gasteiger partial charge in [-0.15, -0.1) is 0 Å². The van der Waals surface area contributed by atoms with E-state index in [2.05, 4.69) is 10.3 Å². The Kier molecular flexibility index (Phi) is 9.18. The standard InChI is InChI=1S/C32H40N4O6/c1-20-17-22(24-9-7-8-10-26(24)33-20)19-41-23-13-11-21(12-14-23)28(37)34-27-18-36(16-15-25(27)29(38)35-40)32(5,6)30(39)42-31(2,3)4/h7-14,17,25,27,40H,15-16,18-19H2,1-6H3,(H,34,37)(H,35,38). The average molecular weight is 577 g/mol. The third kappa shape index (κ3) is 7.24. The lowest BCUT2D eigenvalue weighted by atomic mass is 9.87. The second kappa shape index (κ2) is 12.5. The van der Waals surface area contributed by atoms with Crippen molar-refractivity contribution in [1.82, 2.24) is 20.7 Å². The van der Waals surface area contributed by atoms with Gasteiger partial charge < -0.3 is 14.8 Å². The minimum absolute atomic E-state index is 0.219. The highest BCUT2D eigenvalue weighted by atomic mass is 16.6. The Morgan fingerprint density at radius 1 is 1.05 bits per heavy atom. The summed E-state index contributed by atoms with van der Waals surface area (Å²) in [5, 5.41) is 13.3. The van der Waals surface area contributed by atoms with Crippen LogP contribution in [-0.2, 0) is 20.9 Å². The van der Waals surface area contributed by atoms with Crippen molar-refractivity contribution >= 4 is 28.7 Å². The summed E-state index contributed by atoms with van der Waals surface area (Å²) >= 11 is 0. The van der Waals surface area contributed by atoms with Gasteiger partial charge in [0.15, 0.2) is 0 Å². The van der Waals surface area contributed by atoms with Gasteiger partial charge >= 0.3 is 5.97 Å². The molecule has 1 fully saturated rings. The molecular formula is C32H40N4O6. The van der Waals surface area contributed by atoms with Gasteiger partial charge in [-0.25, -0.2) is 5.48 Å². The molecule has 42 heavy (non-hydrogen) atoms. The fraction of sp³-hybridized carbons (Fsp3) is 0.438. The average Bonchev–Trinajstić information content (AvgIpc) is 2.94. The predicted octanol–water partition coefficient (Wildman–Crippen LogP) is 4.17. The molecule has 2 unspecified atom stereocenters. The van der Waals surface area contributed by atoms with E-state index >= 15 is 0 Å². The number of benzene rings is 2. The molecule has 0 aliphatic carbocycles. The summed E-state index contributed by atoms with van der Waals surface area (Å²) in [6, 6.07) is 16.0. The van der Waals surface area contributed by atoms with E-state index in [4.69, 9.17) is 9.47 Å². The zero-order valence-corrected chi connectivity index (χ0v) is 25.1. The van der Waals surface area contributed by atoms with Gasteiger partial charge in [0.25, 0.3) is 5.91 Å². The zero-order chi connectivity index (χ0) is 30.7. The predicted molar refractivity (Wildman–Crippen MR) is 158 cm³/mol. The second-order valence-electron chi connectivity index (χ2n) is 12.2. The van der Waals surface area contributed by atoms with Crippen LogP contribution in [0.25, 0.3) is 10.9 Å². The normalized spacial score (nSPS) is 17.9. The third-order valence-corrected chi connectivity index (χ3v) is 7.51. The van der Waals surface area contributed by atoms with Crippen molar-refractivity contribution in [1.29, 1.82) is 0 Å². The van der Waals surface area contributed by atoms with Crippen LogP contribution in [0, 0.1) is 12.8 Å². The van der Waals surface area contributed by atoms with E-state index in [1.54, 1.807) is 64.4 Å². The largest absolute Gasteiger partial charge is 0.489 e. The van der Waals surface area contributed by atoms with E-state index in [0.29, 0.717) is 30.9 Å². The maximum atomic E-state index is 13.3. The number of nitrogens with one attached hydrogen (secondary N) is 2. The summed E-state index contributed by atoms with van der Waals surface area (Å²) in [6.45, 7) is 11.9. The first kappa shape index (κ1) is 30.9. The topological polar surface area (TPSA) is 130 Å². The molecule has 0 spiro atoms. The molecule has 0 radical (unpaired) electrons. The monoisotopic (exact) mass is 576 g/mol. The molecule has 1 aliphatic rings. The number of pyridine rings is 1. The molecule has 10 heteroatoms. The van der Waals surface area contributed by atoms with Crippen molar-refractivity contribution in [2.24, 2.45) is 5.92 Å². The molecule has 2 aromatic carbocycles. The number of likely N-dealkylation sites (tertiary alicyclic amines) is 1. The quantitative estimate of drug-likeness (QED) is 0.207. The van der Waals surface area contributed by atoms with Gasteiger partial charge in [-0.3, -0.25) is 29.5 Å². The van der Waals surface area contributed by atoms with Crippen LogP contribution in [0.5, 0.6) is 5.75 Å². The Hall–Kier alpha value is -4.02. The fourth-order valence-corrected chi connectivity index (χ4v) is 5.16. The summed E-state index contributed by atoms with van der Waals surface area (Å²) in [7, 11) is 0. The Labute approximate surface area is 246 Å². The van der Waals surface area contributed by atoms with Crippen LogP contribution in [0.2, 0.25) is 0 Å². The Bertz CT molecular complexity index is 1450. The number of ether oxygens (including phenoxy) is 2. The molecule has 3 aromatic rings. The number of esters is 1. The number of amides is 2. The number of piperidine rings is 1. The van der Waals surface area contributed by atoms with E-state index in [9.17, 15) is 19.6 Å². The summed E-state index contributed by atoms with van der Waals surface area (Å²) in [5.41, 5.74) is 3.29. The number of rotatable bonds is 8. The van der Waals surface area contributed by atoms with Crippen LogP contribution in [0.15, 0.2) is 54.6 Å². The van der Waals surface area contributed by atoms with Crippen molar-refractivity contribution in [2.45, 2.75) is 71.8 Å². The van der Waals surface area contributed by atoms with Gasteiger partial charge in [0.2, 0.25) is 5.91 Å². The summed E-state index contributed by atoms with van der Waals surface area (Å²) in [5.74, 6) is -1.43. The number of carbonyl (C=O) groups excluding carboxylic acids is 3. The maximum absolute atomic E-state index is 13.3. The lowest BCUT2D eigenvalue weighted by molar-refractivity contribution is -0.169. The highest BCUT2D eigenvalue weighted by Crippen LogP contribution is 2.28. The fourth-order valence-electron chi connectivity index (χ4n) is 5.16. The SMILES string of the molecule is Cc1cc(COc2ccc(C(=O)NC3CN(C(C)(C)C(=O)OC(C)(C)C)CCC3C(=O)NO)cc2)c2ccccc2n1. The maximum Gasteiger partial charge on any atom is 0.326 e. The number of nitrogens with zero attached hydrogens (tertiary/aromatic N) is 2. The highest BCUT2D eigenvalue weighted by Gasteiger charge is 2.44. The molecular weight excluding hydrogens is 536 g/mol. The minimum atomic E-state index is -0.991. The smallest absolute Gasteiger partial charge is 0.326 e. The van der Waals surface area contributed by atoms with Crippen LogP contribution in [0.1, 0.15) is 62.7 Å². The van der Waals surface area contributed by atoms with Gasteiger partial charge in [0.1, 0.15) is 23.5 Å². The van der Waals surface area contributed by atoms with Crippen LogP contribution in [0.4, 0.5) is 0 Å². The molecule has 1 aromatic heterocycles. The number of aromatic nitrogens is 1. The first-order chi connectivity index (χ1) is 19.8. The van der Waals surface area contributed by atoms with Crippen molar-refractivity contribution in [3.05, 3.63) is 71.4 Å². The molecule has 10 nitrogen and oxygen atoms in total. The van der Waals surface area contributed by atoms with Gasteiger partial charge in [-0.2, -0.15) is 0 Å². The number of para-hydroxylation sites is 1. The molecule has 1 aliphatic heterocycles. The molecule has 2 amide bonds. The molecule has 4 rings (SSSR count). The van der Waals surface area contributed by atoms with Crippen molar-refractivity contribution < 1.29 is 29.1 Å². The zero-order valence-electron chi connectivity index (χ0n) is 25.1. The first-order valence-corrected chi connectivity index (χ1v) is 14.1. The number of hydrogen-bond acceptors (Lipinski definition) is 8. The molecule has 0 bridgehead atoms. The number of hydrogen-bond donors (Lipinski definition) is 3. The third-order valence-electron chi connectivity index (χ3n) is 7.51. The highest BCUT2D eigenvalue weighted by molar-refractivity contribution is 5.95. The molecule has 3 N–H and O–H groups in total. The van der Waals surface area contributed by atoms with Gasteiger partial charge in [-0.05, 0) is 84.4 Å². The van der Waals surface area contributed by atoms with Crippen LogP contribution >= 0.6 is 0 Å². The molecule has 224 valence electrons. The van der Waals surface area contributed by atoms with Gasteiger partial charge in [-0.1, -0.05) is 18.2 Å². The number of aryl methyl sites for hydroxylation is 1. The van der Waals surface area contributed by atoms with E-state index in [-0.39, 0.29) is 12.5 Å². The van der Waals surface area contributed by atoms with Crippen molar-refractivity contribution in [3.8, 4) is 5.75 Å². The number of carbonyl (C=O) groups is 3. The first-order valence-electron chi connectivity index (χ1n) is 14.1. The summed E-state index contributed by atoms with van der Waals surface area (Å²) in [6.07, 6.45) is 0.333. The number of fused-ring (bicyclic) bond motifs is 1. The van der Waals surface area contributed by atoms with E-state index < -0.39 is 35.0 Å². The van der Waals surface area contributed by atoms with Crippen molar-refractivity contribution in [2.75, 3.05) is 13.1 Å². The van der Waals surface area contributed by atoms with Crippen LogP contribution in [-0.4, -0.2) is 63.1 Å². The van der Waals surface area contributed by atoms with E-state index in [1.165, 1.54) is 0 Å². The van der Waals surface area contributed by atoms with E-state index in [0.717, 1.165) is 22.2 Å². The van der Waals surface area contributed by atoms with Crippen molar-refractivity contribution in [3.63, 3.8) is 0 Å². The Morgan fingerprint density at radius 3 is 2.40 bits per heavy atom. The van der Waals surface area contributed by atoms with E-state index in [1.807, 2.05) is 42.2 Å².